The second-order valence-corrected chi connectivity index (χ2v) is 5.80. The Kier molecular flexibility index (Phi) is 5.74. The van der Waals surface area contributed by atoms with Crippen molar-refractivity contribution in [1.29, 1.82) is 0 Å². The molecule has 1 aliphatic heterocycles. The number of hydrogen-bond donors (Lipinski definition) is 1. The molecule has 0 bridgehead atoms. The summed E-state index contributed by atoms with van der Waals surface area (Å²) in [4.78, 5) is 6.85. The van der Waals surface area contributed by atoms with Gasteiger partial charge in [-0.3, -0.25) is 4.99 Å². The van der Waals surface area contributed by atoms with Gasteiger partial charge in [-0.2, -0.15) is 0 Å². The summed E-state index contributed by atoms with van der Waals surface area (Å²) in [5, 5.41) is 3.62. The number of halogens is 1. The minimum atomic E-state index is 0. The third kappa shape index (κ3) is 3.68. The van der Waals surface area contributed by atoms with E-state index in [1.54, 1.807) is 12.5 Å². The lowest BCUT2D eigenvalue weighted by Gasteiger charge is -2.28. The van der Waals surface area contributed by atoms with E-state index in [0.29, 0.717) is 6.04 Å². The van der Waals surface area contributed by atoms with E-state index in [-0.39, 0.29) is 24.0 Å². The third-order valence-electron chi connectivity index (χ3n) is 4.33. The van der Waals surface area contributed by atoms with Crippen molar-refractivity contribution < 1.29 is 4.42 Å². The average molecular weight is 389 g/mol. The lowest BCUT2D eigenvalue weighted by Crippen LogP contribution is -2.43. The fourth-order valence-electron chi connectivity index (χ4n) is 3.21. The standard InChI is InChI=1S/C15H23N3O.HI/c1-18(10-12-7-8-19-11-12)15-16-9-14(17-15)13-5-3-2-4-6-13;/h7-8,11,13-14H,2-6,9-10H2,1H3,(H,16,17);1H. The first-order chi connectivity index (χ1) is 9.33. The van der Waals surface area contributed by atoms with E-state index in [0.717, 1.165) is 25.0 Å². The van der Waals surface area contributed by atoms with Gasteiger partial charge >= 0.3 is 0 Å². The molecule has 20 heavy (non-hydrogen) atoms. The number of furan rings is 1. The molecular weight excluding hydrogens is 365 g/mol. The molecule has 4 nitrogen and oxygen atoms in total. The van der Waals surface area contributed by atoms with Crippen molar-refractivity contribution in [3.05, 3.63) is 24.2 Å². The van der Waals surface area contributed by atoms with E-state index < -0.39 is 0 Å². The number of nitrogens with zero attached hydrogens (tertiary/aromatic N) is 2. The van der Waals surface area contributed by atoms with Crippen molar-refractivity contribution in [2.45, 2.75) is 44.7 Å². The predicted molar refractivity (Wildman–Crippen MR) is 91.4 cm³/mol. The van der Waals surface area contributed by atoms with Gasteiger partial charge in [0.2, 0.25) is 0 Å². The summed E-state index contributed by atoms with van der Waals surface area (Å²) in [5.74, 6) is 1.86. The highest BCUT2D eigenvalue weighted by Crippen LogP contribution is 2.28. The second-order valence-electron chi connectivity index (χ2n) is 5.80. The number of hydrogen-bond acceptors (Lipinski definition) is 4. The van der Waals surface area contributed by atoms with Gasteiger partial charge in [0, 0.05) is 19.2 Å². The van der Waals surface area contributed by atoms with Crippen molar-refractivity contribution in [1.82, 2.24) is 10.2 Å². The van der Waals surface area contributed by atoms with Crippen LogP contribution in [-0.4, -0.2) is 30.5 Å². The molecule has 1 aromatic rings. The van der Waals surface area contributed by atoms with Crippen LogP contribution in [0.2, 0.25) is 0 Å². The van der Waals surface area contributed by atoms with E-state index in [1.807, 2.05) is 6.07 Å². The molecule has 1 aliphatic carbocycles. The number of rotatable bonds is 3. The average Bonchev–Trinajstić information content (AvgIpc) is 3.10. The largest absolute Gasteiger partial charge is 0.472 e. The fraction of sp³-hybridized carbons (Fsp3) is 0.667. The zero-order valence-corrected chi connectivity index (χ0v) is 14.4. The molecule has 5 heteroatoms. The van der Waals surface area contributed by atoms with Crippen molar-refractivity contribution >= 4 is 29.9 Å². The summed E-state index contributed by atoms with van der Waals surface area (Å²) in [6.45, 7) is 1.79. The maximum atomic E-state index is 5.11. The predicted octanol–water partition coefficient (Wildman–Crippen LogP) is 3.24. The molecule has 1 saturated carbocycles. The molecule has 0 spiro atoms. The highest BCUT2D eigenvalue weighted by Gasteiger charge is 2.28. The molecule has 1 fully saturated rings. The topological polar surface area (TPSA) is 40.8 Å². The van der Waals surface area contributed by atoms with Gasteiger partial charge in [-0.25, -0.2) is 0 Å². The smallest absolute Gasteiger partial charge is 0.194 e. The highest BCUT2D eigenvalue weighted by molar-refractivity contribution is 14.0. The van der Waals surface area contributed by atoms with Crippen LogP contribution in [0, 0.1) is 5.92 Å². The molecule has 2 aliphatic rings. The zero-order valence-electron chi connectivity index (χ0n) is 12.0. The van der Waals surface area contributed by atoms with Crippen LogP contribution < -0.4 is 5.32 Å². The molecule has 3 rings (SSSR count). The Morgan fingerprint density at radius 1 is 1.35 bits per heavy atom. The molecule has 1 N–H and O–H groups in total. The van der Waals surface area contributed by atoms with Gasteiger partial charge in [0.15, 0.2) is 5.96 Å². The molecule has 1 atom stereocenters. The maximum Gasteiger partial charge on any atom is 0.194 e. The van der Waals surface area contributed by atoms with Crippen LogP contribution in [0.1, 0.15) is 37.7 Å². The summed E-state index contributed by atoms with van der Waals surface area (Å²) in [6.07, 6.45) is 10.4. The van der Waals surface area contributed by atoms with Gasteiger partial charge in [-0.1, -0.05) is 19.3 Å². The van der Waals surface area contributed by atoms with Crippen molar-refractivity contribution in [3.63, 3.8) is 0 Å². The SMILES string of the molecule is CN(Cc1ccoc1)C1=NCC(C2CCCCC2)N1.I. The van der Waals surface area contributed by atoms with Crippen LogP contribution in [0.15, 0.2) is 28.0 Å². The molecule has 0 aromatic carbocycles. The van der Waals surface area contributed by atoms with Crippen LogP contribution in [-0.2, 0) is 6.54 Å². The Balaban J connectivity index is 0.00000147. The number of aliphatic imine (C=N–C) groups is 1. The molecular formula is C15H24IN3O. The molecule has 0 saturated heterocycles. The second kappa shape index (κ2) is 7.33. The van der Waals surface area contributed by atoms with Crippen LogP contribution in [0.25, 0.3) is 0 Å². The summed E-state index contributed by atoms with van der Waals surface area (Å²) in [7, 11) is 2.09. The van der Waals surface area contributed by atoms with Gasteiger partial charge in [-0.05, 0) is 24.8 Å². The van der Waals surface area contributed by atoms with Gasteiger partial charge in [0.1, 0.15) is 0 Å². The highest BCUT2D eigenvalue weighted by atomic mass is 127. The minimum absolute atomic E-state index is 0. The number of guanidine groups is 1. The summed E-state index contributed by atoms with van der Waals surface area (Å²) < 4.78 is 5.11. The summed E-state index contributed by atoms with van der Waals surface area (Å²) in [6, 6.07) is 2.56. The van der Waals surface area contributed by atoms with Crippen LogP contribution in [0.3, 0.4) is 0 Å². The molecule has 2 heterocycles. The molecule has 1 aromatic heterocycles. The Hall–Kier alpha value is -0.720. The van der Waals surface area contributed by atoms with Gasteiger partial charge in [0.25, 0.3) is 0 Å². The van der Waals surface area contributed by atoms with E-state index in [4.69, 9.17) is 4.42 Å². The van der Waals surface area contributed by atoms with E-state index >= 15 is 0 Å². The van der Waals surface area contributed by atoms with Gasteiger partial charge in [0.05, 0.1) is 25.1 Å². The number of nitrogens with one attached hydrogen (secondary N) is 1. The monoisotopic (exact) mass is 389 g/mol. The normalized spacial score (nSPS) is 22.9. The Labute approximate surface area is 138 Å². The first-order valence-corrected chi connectivity index (χ1v) is 7.36. The van der Waals surface area contributed by atoms with Crippen molar-refractivity contribution in [2.75, 3.05) is 13.6 Å². The van der Waals surface area contributed by atoms with Gasteiger partial charge < -0.3 is 14.6 Å². The minimum Gasteiger partial charge on any atom is -0.472 e. The Morgan fingerprint density at radius 3 is 2.85 bits per heavy atom. The summed E-state index contributed by atoms with van der Waals surface area (Å²) >= 11 is 0. The first-order valence-electron chi connectivity index (χ1n) is 7.36. The van der Waals surface area contributed by atoms with Crippen molar-refractivity contribution in [2.24, 2.45) is 10.9 Å². The zero-order chi connectivity index (χ0) is 13.1. The molecule has 0 amide bonds. The van der Waals surface area contributed by atoms with Gasteiger partial charge in [-0.15, -0.1) is 24.0 Å². The molecule has 0 radical (unpaired) electrons. The van der Waals surface area contributed by atoms with E-state index in [1.165, 1.54) is 37.7 Å². The quantitative estimate of drug-likeness (QED) is 0.808. The van der Waals surface area contributed by atoms with Crippen molar-refractivity contribution in [3.8, 4) is 0 Å². The Bertz CT molecular complexity index is 426. The summed E-state index contributed by atoms with van der Waals surface area (Å²) in [5.41, 5.74) is 1.19. The molecule has 112 valence electrons. The third-order valence-corrected chi connectivity index (χ3v) is 4.33. The first kappa shape index (κ1) is 15.7. The van der Waals surface area contributed by atoms with Crippen LogP contribution in [0.4, 0.5) is 0 Å². The lowest BCUT2D eigenvalue weighted by atomic mass is 9.84. The maximum absolute atomic E-state index is 5.11. The van der Waals surface area contributed by atoms with E-state index in [9.17, 15) is 0 Å². The molecule has 1 unspecified atom stereocenters. The lowest BCUT2D eigenvalue weighted by molar-refractivity contribution is 0.297. The fourth-order valence-corrected chi connectivity index (χ4v) is 3.21. The Morgan fingerprint density at radius 2 is 2.15 bits per heavy atom. The van der Waals surface area contributed by atoms with Crippen LogP contribution in [0.5, 0.6) is 0 Å². The van der Waals surface area contributed by atoms with E-state index in [2.05, 4.69) is 22.3 Å². The van der Waals surface area contributed by atoms with Crippen LogP contribution >= 0.6 is 24.0 Å².